The molecule has 0 spiro atoms. The highest BCUT2D eigenvalue weighted by molar-refractivity contribution is 5.52. The summed E-state index contributed by atoms with van der Waals surface area (Å²) in [6.07, 6.45) is 2.06. The van der Waals surface area contributed by atoms with Crippen LogP contribution in [-0.4, -0.2) is 28.1 Å². The summed E-state index contributed by atoms with van der Waals surface area (Å²) in [4.78, 5) is 14.0. The second-order valence-corrected chi connectivity index (χ2v) is 2.30. The van der Waals surface area contributed by atoms with Gasteiger partial charge >= 0.3 is 0 Å². The number of aldehydes is 1. The molecule has 1 rings (SSSR count). The first-order valence-corrected chi connectivity index (χ1v) is 3.72. The Labute approximate surface area is 69.4 Å². The maximum absolute atomic E-state index is 10.0. The lowest BCUT2D eigenvalue weighted by Gasteiger charge is -1.87. The van der Waals surface area contributed by atoms with Gasteiger partial charge in [0.05, 0.1) is 6.42 Å². The molecule has 0 saturated heterocycles. The van der Waals surface area contributed by atoms with Gasteiger partial charge in [0, 0.05) is 13.0 Å². The summed E-state index contributed by atoms with van der Waals surface area (Å²) in [7, 11) is 0. The molecule has 0 atom stereocenters. The molecule has 5 heteroatoms. The molecule has 0 aliphatic heterocycles. The van der Waals surface area contributed by atoms with E-state index in [-0.39, 0.29) is 13.0 Å². The van der Waals surface area contributed by atoms with Crippen LogP contribution in [0.2, 0.25) is 0 Å². The third-order valence-electron chi connectivity index (χ3n) is 1.32. The Morgan fingerprint density at radius 2 is 2.42 bits per heavy atom. The van der Waals surface area contributed by atoms with Crippen molar-refractivity contribution < 1.29 is 14.4 Å². The van der Waals surface area contributed by atoms with Crippen molar-refractivity contribution in [3.8, 4) is 0 Å². The molecular weight excluding hydrogens is 160 g/mol. The van der Waals surface area contributed by atoms with Crippen molar-refractivity contribution in [1.29, 1.82) is 0 Å². The van der Waals surface area contributed by atoms with E-state index in [2.05, 4.69) is 10.1 Å². The van der Waals surface area contributed by atoms with Gasteiger partial charge in [0.2, 0.25) is 5.89 Å². The van der Waals surface area contributed by atoms with Crippen LogP contribution in [0.4, 0.5) is 0 Å². The lowest BCUT2D eigenvalue weighted by molar-refractivity contribution is -0.107. The first-order chi connectivity index (χ1) is 5.86. The summed E-state index contributed by atoms with van der Waals surface area (Å²) >= 11 is 0. The first-order valence-electron chi connectivity index (χ1n) is 3.72. The maximum Gasteiger partial charge on any atom is 0.226 e. The summed E-state index contributed by atoms with van der Waals surface area (Å²) in [6, 6.07) is 0. The smallest absolute Gasteiger partial charge is 0.226 e. The predicted molar refractivity (Wildman–Crippen MR) is 39.5 cm³/mol. The van der Waals surface area contributed by atoms with Gasteiger partial charge in [0.15, 0.2) is 5.82 Å². The summed E-state index contributed by atoms with van der Waals surface area (Å²) < 4.78 is 4.79. The fraction of sp³-hybridized carbons (Fsp3) is 0.571. The van der Waals surface area contributed by atoms with E-state index in [0.29, 0.717) is 24.6 Å². The number of aliphatic hydroxyl groups excluding tert-OH is 1. The number of carbonyl (C=O) groups excluding carboxylic acids is 1. The van der Waals surface area contributed by atoms with Crippen LogP contribution in [0.25, 0.3) is 0 Å². The van der Waals surface area contributed by atoms with Crippen molar-refractivity contribution >= 4 is 6.29 Å². The number of nitrogens with zero attached hydrogens (tertiary/aromatic N) is 2. The zero-order valence-electron chi connectivity index (χ0n) is 6.56. The fourth-order valence-electron chi connectivity index (χ4n) is 0.779. The van der Waals surface area contributed by atoms with Gasteiger partial charge < -0.3 is 14.4 Å². The molecule has 0 radical (unpaired) electrons. The maximum atomic E-state index is 10.0. The molecule has 1 aromatic rings. The van der Waals surface area contributed by atoms with Crippen molar-refractivity contribution in [1.82, 2.24) is 10.1 Å². The number of hydrogen-bond acceptors (Lipinski definition) is 5. The van der Waals surface area contributed by atoms with Gasteiger partial charge in [-0.25, -0.2) is 0 Å². The molecule has 0 bridgehead atoms. The highest BCUT2D eigenvalue weighted by Crippen LogP contribution is 2.00. The largest absolute Gasteiger partial charge is 0.396 e. The Morgan fingerprint density at radius 1 is 1.58 bits per heavy atom. The number of aryl methyl sites for hydroxylation is 1. The Balaban J connectivity index is 2.46. The van der Waals surface area contributed by atoms with E-state index in [0.717, 1.165) is 6.29 Å². The Kier molecular flexibility index (Phi) is 3.40. The van der Waals surface area contributed by atoms with E-state index in [1.807, 2.05) is 0 Å². The van der Waals surface area contributed by atoms with Gasteiger partial charge in [-0.3, -0.25) is 0 Å². The van der Waals surface area contributed by atoms with Gasteiger partial charge in [0.25, 0.3) is 0 Å². The van der Waals surface area contributed by atoms with Crippen LogP contribution in [0.3, 0.4) is 0 Å². The predicted octanol–water partition coefficient (Wildman–Crippen LogP) is -0.264. The van der Waals surface area contributed by atoms with E-state index in [4.69, 9.17) is 9.63 Å². The third-order valence-corrected chi connectivity index (χ3v) is 1.32. The van der Waals surface area contributed by atoms with Crippen molar-refractivity contribution in [3.63, 3.8) is 0 Å². The summed E-state index contributed by atoms with van der Waals surface area (Å²) in [6.45, 7) is 0.103. The molecule has 0 amide bonds. The molecule has 1 N–H and O–H groups in total. The highest BCUT2D eigenvalue weighted by Gasteiger charge is 2.04. The summed E-state index contributed by atoms with van der Waals surface area (Å²) in [5.41, 5.74) is 0. The molecule has 0 aliphatic carbocycles. The topological polar surface area (TPSA) is 76.2 Å². The van der Waals surface area contributed by atoms with E-state index in [9.17, 15) is 4.79 Å². The zero-order chi connectivity index (χ0) is 8.81. The van der Waals surface area contributed by atoms with Crippen molar-refractivity contribution in [2.75, 3.05) is 6.61 Å². The zero-order valence-corrected chi connectivity index (χ0v) is 6.56. The van der Waals surface area contributed by atoms with Gasteiger partial charge in [0.1, 0.15) is 6.29 Å². The molecule has 0 saturated carbocycles. The summed E-state index contributed by atoms with van der Waals surface area (Å²) in [5.74, 6) is 0.874. The van der Waals surface area contributed by atoms with Crippen LogP contribution < -0.4 is 0 Å². The lowest BCUT2D eigenvalue weighted by atomic mass is 10.3. The molecule has 0 unspecified atom stereocenters. The molecule has 66 valence electrons. The second-order valence-electron chi connectivity index (χ2n) is 2.30. The normalized spacial score (nSPS) is 10.1. The van der Waals surface area contributed by atoms with Crippen LogP contribution in [-0.2, 0) is 17.6 Å². The average molecular weight is 170 g/mol. The van der Waals surface area contributed by atoms with E-state index < -0.39 is 0 Å². The SMILES string of the molecule is O=CCc1noc(CCCO)n1. The quantitative estimate of drug-likeness (QED) is 0.616. The molecule has 5 nitrogen and oxygen atoms in total. The molecular formula is C7H10N2O3. The van der Waals surface area contributed by atoms with E-state index in [1.54, 1.807) is 0 Å². The monoisotopic (exact) mass is 170 g/mol. The van der Waals surface area contributed by atoms with Crippen LogP contribution >= 0.6 is 0 Å². The molecule has 0 aromatic carbocycles. The van der Waals surface area contributed by atoms with E-state index >= 15 is 0 Å². The molecule has 0 aliphatic rings. The minimum absolute atomic E-state index is 0.103. The highest BCUT2D eigenvalue weighted by atomic mass is 16.5. The number of aliphatic hydroxyl groups is 1. The van der Waals surface area contributed by atoms with Crippen molar-refractivity contribution in [3.05, 3.63) is 11.7 Å². The summed E-state index contributed by atoms with van der Waals surface area (Å²) in [5, 5.41) is 12.1. The van der Waals surface area contributed by atoms with E-state index in [1.165, 1.54) is 0 Å². The van der Waals surface area contributed by atoms with Crippen LogP contribution in [0, 0.1) is 0 Å². The average Bonchev–Trinajstić information content (AvgIpc) is 2.50. The number of aromatic nitrogens is 2. The Morgan fingerprint density at radius 3 is 3.08 bits per heavy atom. The van der Waals surface area contributed by atoms with Gasteiger partial charge in [-0.15, -0.1) is 0 Å². The fourth-order valence-corrected chi connectivity index (χ4v) is 0.779. The molecule has 0 fully saturated rings. The minimum Gasteiger partial charge on any atom is -0.396 e. The Hall–Kier alpha value is -1.23. The van der Waals surface area contributed by atoms with Crippen molar-refractivity contribution in [2.45, 2.75) is 19.3 Å². The van der Waals surface area contributed by atoms with Crippen LogP contribution in [0.15, 0.2) is 4.52 Å². The number of rotatable bonds is 5. The first kappa shape index (κ1) is 8.86. The molecule has 1 heterocycles. The number of carbonyl (C=O) groups is 1. The minimum atomic E-state index is 0.103. The second kappa shape index (κ2) is 4.61. The van der Waals surface area contributed by atoms with Gasteiger partial charge in [-0.1, -0.05) is 5.16 Å². The molecule has 12 heavy (non-hydrogen) atoms. The van der Waals surface area contributed by atoms with Crippen molar-refractivity contribution in [2.24, 2.45) is 0 Å². The van der Waals surface area contributed by atoms with Gasteiger partial charge in [-0.05, 0) is 6.42 Å². The van der Waals surface area contributed by atoms with Crippen LogP contribution in [0.1, 0.15) is 18.1 Å². The lowest BCUT2D eigenvalue weighted by Crippen LogP contribution is -1.91. The van der Waals surface area contributed by atoms with Crippen LogP contribution in [0.5, 0.6) is 0 Å². The Bertz CT molecular complexity index is 247. The molecule has 1 aromatic heterocycles. The standard InChI is InChI=1S/C7H10N2O3/c10-4-1-2-7-8-6(3-5-11)9-12-7/h5,10H,1-4H2. The third kappa shape index (κ3) is 2.43. The number of hydrogen-bond donors (Lipinski definition) is 1. The van der Waals surface area contributed by atoms with Gasteiger partial charge in [-0.2, -0.15) is 4.98 Å².